The molecule has 0 spiro atoms. The third kappa shape index (κ3) is 3.10. The van der Waals surface area contributed by atoms with Crippen molar-refractivity contribution in [3.05, 3.63) is 46.8 Å². The molecule has 0 unspecified atom stereocenters. The Balaban J connectivity index is 2.48. The van der Waals surface area contributed by atoms with Crippen molar-refractivity contribution in [2.24, 2.45) is 5.92 Å². The Morgan fingerprint density at radius 2 is 2.08 bits per heavy atom. The van der Waals surface area contributed by atoms with Gasteiger partial charge in [-0.1, -0.05) is 38.0 Å². The van der Waals surface area contributed by atoms with Gasteiger partial charge in [0.15, 0.2) is 11.4 Å². The van der Waals surface area contributed by atoms with Crippen molar-refractivity contribution in [2.75, 3.05) is 7.11 Å². The molecule has 0 saturated heterocycles. The minimum atomic E-state index is -2.47. The Labute approximate surface area is 153 Å². The fourth-order valence-corrected chi connectivity index (χ4v) is 3.03. The van der Waals surface area contributed by atoms with Gasteiger partial charge in [-0.15, -0.1) is 0 Å². The molecule has 3 atom stereocenters. The normalized spacial score (nSPS) is 26.9. The number of Topliss-reactive ketones (excluding diaryl/α,β-unsaturated/α-hetero) is 1. The quantitative estimate of drug-likeness (QED) is 0.619. The lowest BCUT2D eigenvalue weighted by Gasteiger charge is -2.31. The number of esters is 1. The van der Waals surface area contributed by atoms with E-state index in [-0.39, 0.29) is 11.1 Å². The first-order chi connectivity index (χ1) is 12.1. The Morgan fingerprint density at radius 1 is 1.42 bits per heavy atom. The maximum absolute atomic E-state index is 12.4. The molecule has 2 N–H and O–H groups in total. The van der Waals surface area contributed by atoms with Crippen LogP contribution in [0.1, 0.15) is 55.7 Å². The fraction of sp³-hybridized carbons (Fsp3) is 0.450. The van der Waals surface area contributed by atoms with Crippen LogP contribution in [0.3, 0.4) is 0 Å². The summed E-state index contributed by atoms with van der Waals surface area (Å²) in [7, 11) is 1.09. The number of hydrogen-bond acceptors (Lipinski definition) is 6. The van der Waals surface area contributed by atoms with E-state index in [0.29, 0.717) is 11.6 Å². The molecule has 0 fully saturated rings. The Morgan fingerprint density at radius 3 is 2.65 bits per heavy atom. The molecular formula is C20H25NO5. The van der Waals surface area contributed by atoms with Gasteiger partial charge in [0.1, 0.15) is 0 Å². The van der Waals surface area contributed by atoms with Crippen LogP contribution < -0.4 is 0 Å². The van der Waals surface area contributed by atoms with Crippen LogP contribution in [0, 0.1) is 5.92 Å². The van der Waals surface area contributed by atoms with Crippen LogP contribution in [0.5, 0.6) is 0 Å². The van der Waals surface area contributed by atoms with Crippen LogP contribution in [-0.4, -0.2) is 39.7 Å². The zero-order chi connectivity index (χ0) is 19.7. The van der Waals surface area contributed by atoms with Crippen LogP contribution in [0.2, 0.25) is 0 Å². The molecule has 1 aromatic rings. The van der Waals surface area contributed by atoms with E-state index in [4.69, 9.17) is 0 Å². The van der Waals surface area contributed by atoms with E-state index in [1.165, 1.54) is 12.3 Å². The first-order valence-corrected chi connectivity index (χ1v) is 8.54. The highest BCUT2D eigenvalue weighted by Gasteiger charge is 2.65. The maximum atomic E-state index is 12.4. The number of aliphatic hydroxyl groups is 2. The molecule has 2 rings (SSSR count). The van der Waals surface area contributed by atoms with Gasteiger partial charge < -0.3 is 14.9 Å². The number of rotatable bonds is 5. The second-order valence-corrected chi connectivity index (χ2v) is 6.89. The number of fused-ring (bicyclic) bond motifs is 1. The topological polar surface area (TPSA) is 96.7 Å². The largest absolute Gasteiger partial charge is 0.467 e. The van der Waals surface area contributed by atoms with Crippen molar-refractivity contribution in [1.82, 2.24) is 4.98 Å². The summed E-state index contributed by atoms with van der Waals surface area (Å²) in [5.74, 6) is -1.41. The molecular weight excluding hydrogens is 334 g/mol. The Hall–Kier alpha value is -2.31. The zero-order valence-corrected chi connectivity index (χ0v) is 15.7. The number of hydrogen-bond donors (Lipinski definition) is 2. The number of pyridine rings is 1. The highest BCUT2D eigenvalue weighted by molar-refractivity contribution is 6.13. The lowest BCUT2D eigenvalue weighted by molar-refractivity contribution is -0.184. The summed E-state index contributed by atoms with van der Waals surface area (Å²) in [4.78, 5) is 28.7. The van der Waals surface area contributed by atoms with E-state index < -0.39 is 23.0 Å². The molecule has 0 saturated carbocycles. The number of carbonyl (C=O) groups is 2. The molecule has 1 aromatic heterocycles. The third-order valence-corrected chi connectivity index (χ3v) is 4.90. The van der Waals surface area contributed by atoms with Crippen molar-refractivity contribution in [3.63, 3.8) is 0 Å². The molecule has 0 aliphatic heterocycles. The molecule has 26 heavy (non-hydrogen) atoms. The number of aromatic nitrogens is 1. The Kier molecular flexibility index (Phi) is 5.49. The highest BCUT2D eigenvalue weighted by Crippen LogP contribution is 2.45. The number of nitrogens with zero attached hydrogens (tertiary/aromatic N) is 1. The minimum absolute atomic E-state index is 0.00226. The van der Waals surface area contributed by atoms with Crippen LogP contribution in [-0.2, 0) is 15.1 Å². The van der Waals surface area contributed by atoms with E-state index in [1.807, 2.05) is 13.0 Å². The van der Waals surface area contributed by atoms with Crippen molar-refractivity contribution in [2.45, 2.75) is 45.3 Å². The van der Waals surface area contributed by atoms with E-state index in [1.54, 1.807) is 6.08 Å². The van der Waals surface area contributed by atoms with Crippen LogP contribution in [0.15, 0.2) is 30.0 Å². The van der Waals surface area contributed by atoms with E-state index in [2.05, 4.69) is 29.6 Å². The van der Waals surface area contributed by atoms with Gasteiger partial charge in [-0.3, -0.25) is 9.78 Å². The van der Waals surface area contributed by atoms with Gasteiger partial charge in [-0.05, 0) is 31.9 Å². The first kappa shape index (κ1) is 20.0. The van der Waals surface area contributed by atoms with Gasteiger partial charge in [-0.2, -0.15) is 0 Å². The van der Waals surface area contributed by atoms with Crippen molar-refractivity contribution < 1.29 is 24.5 Å². The Bertz CT molecular complexity index is 793. The summed E-state index contributed by atoms with van der Waals surface area (Å²) in [6.07, 6.45) is 8.02. The molecule has 6 nitrogen and oxygen atoms in total. The predicted molar refractivity (Wildman–Crippen MR) is 97.4 cm³/mol. The second-order valence-electron chi connectivity index (χ2n) is 6.89. The van der Waals surface area contributed by atoms with Crippen LogP contribution in [0.4, 0.5) is 0 Å². The van der Waals surface area contributed by atoms with Gasteiger partial charge in [0.2, 0.25) is 5.60 Å². The van der Waals surface area contributed by atoms with Crippen molar-refractivity contribution >= 4 is 17.8 Å². The summed E-state index contributed by atoms with van der Waals surface area (Å²) >= 11 is 0. The number of ketones is 1. The first-order valence-electron chi connectivity index (χ1n) is 8.54. The second kappa shape index (κ2) is 7.13. The van der Waals surface area contributed by atoms with E-state index >= 15 is 0 Å². The van der Waals surface area contributed by atoms with Gasteiger partial charge >= 0.3 is 5.97 Å². The number of methoxy groups -OCH3 is 1. The van der Waals surface area contributed by atoms with Crippen LogP contribution in [0.25, 0.3) is 6.08 Å². The summed E-state index contributed by atoms with van der Waals surface area (Å²) in [6.45, 7) is 7.29. The molecule has 6 heteroatoms. The van der Waals surface area contributed by atoms with E-state index in [9.17, 15) is 19.8 Å². The highest BCUT2D eigenvalue weighted by atomic mass is 16.5. The van der Waals surface area contributed by atoms with Crippen molar-refractivity contribution in [3.8, 4) is 0 Å². The smallest absolute Gasteiger partial charge is 0.346 e. The summed E-state index contributed by atoms with van der Waals surface area (Å²) in [6, 6.07) is 1.43. The zero-order valence-electron chi connectivity index (χ0n) is 15.7. The molecule has 1 aliphatic rings. The molecule has 0 amide bonds. The average molecular weight is 359 g/mol. The predicted octanol–water partition coefficient (Wildman–Crippen LogP) is 2.40. The third-order valence-electron chi connectivity index (χ3n) is 4.90. The SMILES string of the molecule is CC[C@H](C)/C=C(C)/C=C/c1cc2c(cn1)C(=O)[C@](C)(O)[C@@]2(O)C(=O)OC. The summed E-state index contributed by atoms with van der Waals surface area (Å²) in [5.41, 5.74) is -3.29. The standard InChI is InChI=1S/C20H25NO5/c1-6-12(2)9-13(3)7-8-14-10-16-15(11-21-14)17(22)19(4,24)20(16,25)18(23)26-5/h7-12,24-25H,6H2,1-5H3/b8-7+,13-9+/t12-,19-,20-/m0/s1. The van der Waals surface area contributed by atoms with Crippen LogP contribution >= 0.6 is 0 Å². The summed E-state index contributed by atoms with van der Waals surface area (Å²) in [5, 5.41) is 21.3. The minimum Gasteiger partial charge on any atom is -0.467 e. The number of allylic oxidation sites excluding steroid dienone is 3. The van der Waals surface area contributed by atoms with Crippen molar-refractivity contribution in [1.29, 1.82) is 0 Å². The van der Waals surface area contributed by atoms with Gasteiger partial charge in [0, 0.05) is 17.3 Å². The molecule has 0 radical (unpaired) electrons. The molecule has 1 aliphatic carbocycles. The maximum Gasteiger partial charge on any atom is 0.346 e. The fourth-order valence-electron chi connectivity index (χ4n) is 3.03. The molecule has 0 bridgehead atoms. The molecule has 1 heterocycles. The lowest BCUT2D eigenvalue weighted by atomic mass is 9.84. The van der Waals surface area contributed by atoms with Gasteiger partial charge in [0.25, 0.3) is 0 Å². The molecule has 140 valence electrons. The monoisotopic (exact) mass is 359 g/mol. The lowest BCUT2D eigenvalue weighted by Crippen LogP contribution is -2.55. The average Bonchev–Trinajstić information content (AvgIpc) is 2.77. The van der Waals surface area contributed by atoms with Gasteiger partial charge in [0.05, 0.1) is 12.8 Å². The number of carbonyl (C=O) groups excluding carboxylic acids is 2. The van der Waals surface area contributed by atoms with E-state index in [0.717, 1.165) is 26.0 Å². The molecule has 0 aromatic carbocycles. The summed E-state index contributed by atoms with van der Waals surface area (Å²) < 4.78 is 4.62. The van der Waals surface area contributed by atoms with Gasteiger partial charge in [-0.25, -0.2) is 4.79 Å². The number of ether oxygens (including phenoxy) is 1.